The molecule has 0 fully saturated rings. The minimum absolute atomic E-state index is 0.0729. The van der Waals surface area contributed by atoms with Crippen molar-refractivity contribution in [2.24, 2.45) is 0 Å². The Kier molecular flexibility index (Phi) is 5.97. The SMILES string of the molecule is CCN(CCCNC(=O)c1ccccc1O)S(C)(=O)=O. The van der Waals surface area contributed by atoms with Gasteiger partial charge in [0.1, 0.15) is 5.75 Å². The summed E-state index contributed by atoms with van der Waals surface area (Å²) in [5.74, 6) is -0.443. The molecule has 0 aliphatic heterocycles. The summed E-state index contributed by atoms with van der Waals surface area (Å²) >= 11 is 0. The third kappa shape index (κ3) is 4.82. The summed E-state index contributed by atoms with van der Waals surface area (Å²) in [4.78, 5) is 11.8. The first kappa shape index (κ1) is 16.5. The molecule has 1 aromatic carbocycles. The Morgan fingerprint density at radius 2 is 2.00 bits per heavy atom. The van der Waals surface area contributed by atoms with Crippen molar-refractivity contribution in [2.45, 2.75) is 13.3 Å². The molecule has 2 N–H and O–H groups in total. The highest BCUT2D eigenvalue weighted by molar-refractivity contribution is 7.88. The minimum Gasteiger partial charge on any atom is -0.507 e. The monoisotopic (exact) mass is 300 g/mol. The summed E-state index contributed by atoms with van der Waals surface area (Å²) in [7, 11) is -3.19. The van der Waals surface area contributed by atoms with Crippen molar-refractivity contribution in [1.29, 1.82) is 0 Å². The van der Waals surface area contributed by atoms with Crippen molar-refractivity contribution in [3.63, 3.8) is 0 Å². The van der Waals surface area contributed by atoms with E-state index in [1.807, 2.05) is 0 Å². The normalized spacial score (nSPS) is 11.6. The van der Waals surface area contributed by atoms with Gasteiger partial charge in [-0.15, -0.1) is 0 Å². The fourth-order valence-corrected chi connectivity index (χ4v) is 2.71. The van der Waals surface area contributed by atoms with Crippen LogP contribution in [0.4, 0.5) is 0 Å². The lowest BCUT2D eigenvalue weighted by molar-refractivity contribution is 0.0950. The molecular weight excluding hydrogens is 280 g/mol. The molecule has 0 saturated carbocycles. The molecule has 1 aromatic rings. The summed E-state index contributed by atoms with van der Waals surface area (Å²) in [5, 5.41) is 12.2. The zero-order chi connectivity index (χ0) is 15.2. The molecule has 0 bridgehead atoms. The lowest BCUT2D eigenvalue weighted by Crippen LogP contribution is -2.33. The second-order valence-corrected chi connectivity index (χ2v) is 6.36. The average molecular weight is 300 g/mol. The van der Waals surface area contributed by atoms with E-state index in [0.29, 0.717) is 26.1 Å². The Balaban J connectivity index is 2.42. The lowest BCUT2D eigenvalue weighted by Gasteiger charge is -2.17. The zero-order valence-corrected chi connectivity index (χ0v) is 12.5. The number of nitrogens with one attached hydrogen (secondary N) is 1. The Hall–Kier alpha value is -1.60. The van der Waals surface area contributed by atoms with E-state index in [-0.39, 0.29) is 17.2 Å². The van der Waals surface area contributed by atoms with Crippen LogP contribution in [0.5, 0.6) is 5.75 Å². The van der Waals surface area contributed by atoms with Gasteiger partial charge < -0.3 is 10.4 Å². The van der Waals surface area contributed by atoms with E-state index in [2.05, 4.69) is 5.32 Å². The van der Waals surface area contributed by atoms with Crippen LogP contribution >= 0.6 is 0 Å². The summed E-state index contributed by atoms with van der Waals surface area (Å²) in [6.07, 6.45) is 1.68. The quantitative estimate of drug-likeness (QED) is 0.729. The van der Waals surface area contributed by atoms with Gasteiger partial charge in [-0.2, -0.15) is 0 Å². The molecule has 0 aliphatic carbocycles. The maximum Gasteiger partial charge on any atom is 0.255 e. The van der Waals surface area contributed by atoms with Gasteiger partial charge in [0.05, 0.1) is 11.8 Å². The van der Waals surface area contributed by atoms with Crippen molar-refractivity contribution < 1.29 is 18.3 Å². The fourth-order valence-electron chi connectivity index (χ4n) is 1.78. The van der Waals surface area contributed by atoms with Gasteiger partial charge in [0.15, 0.2) is 0 Å². The third-order valence-corrected chi connectivity index (χ3v) is 4.22. The molecule has 20 heavy (non-hydrogen) atoms. The molecule has 0 spiro atoms. The van der Waals surface area contributed by atoms with Crippen LogP contribution < -0.4 is 5.32 Å². The van der Waals surface area contributed by atoms with Crippen molar-refractivity contribution in [1.82, 2.24) is 9.62 Å². The number of benzene rings is 1. The first-order valence-corrected chi connectivity index (χ1v) is 8.22. The standard InChI is InChI=1S/C13H20N2O4S/c1-3-15(20(2,18)19)10-6-9-14-13(17)11-7-4-5-8-12(11)16/h4-5,7-8,16H,3,6,9-10H2,1-2H3,(H,14,17). The van der Waals surface area contributed by atoms with Gasteiger partial charge in [-0.25, -0.2) is 12.7 Å². The molecular formula is C13H20N2O4S. The summed E-state index contributed by atoms with van der Waals surface area (Å²) < 4.78 is 24.1. The smallest absolute Gasteiger partial charge is 0.255 e. The van der Waals surface area contributed by atoms with Crippen LogP contribution in [0.3, 0.4) is 0 Å². The van der Waals surface area contributed by atoms with Crippen LogP contribution in [-0.4, -0.2) is 49.6 Å². The molecule has 0 radical (unpaired) electrons. The number of nitrogens with zero attached hydrogens (tertiary/aromatic N) is 1. The number of amides is 1. The molecule has 1 amide bonds. The summed E-state index contributed by atoms with van der Waals surface area (Å²) in [6, 6.07) is 6.27. The van der Waals surface area contributed by atoms with E-state index in [9.17, 15) is 18.3 Å². The predicted octanol–water partition coefficient (Wildman–Crippen LogP) is 0.794. The van der Waals surface area contributed by atoms with E-state index < -0.39 is 10.0 Å². The number of hydrogen-bond acceptors (Lipinski definition) is 4. The van der Waals surface area contributed by atoms with E-state index in [1.54, 1.807) is 19.1 Å². The number of rotatable bonds is 7. The van der Waals surface area contributed by atoms with E-state index in [4.69, 9.17) is 0 Å². The highest BCUT2D eigenvalue weighted by atomic mass is 32.2. The Morgan fingerprint density at radius 3 is 2.55 bits per heavy atom. The number of carbonyl (C=O) groups is 1. The topological polar surface area (TPSA) is 86.7 Å². The van der Waals surface area contributed by atoms with Crippen LogP contribution in [0.25, 0.3) is 0 Å². The number of para-hydroxylation sites is 1. The average Bonchev–Trinajstić information content (AvgIpc) is 2.37. The molecule has 0 aromatic heterocycles. The summed E-state index contributed by atoms with van der Waals surface area (Å²) in [5.41, 5.74) is 0.211. The van der Waals surface area contributed by atoms with Crippen LogP contribution in [0.1, 0.15) is 23.7 Å². The molecule has 0 saturated heterocycles. The maximum atomic E-state index is 11.8. The number of aromatic hydroxyl groups is 1. The van der Waals surface area contributed by atoms with Gasteiger partial charge in [-0.1, -0.05) is 19.1 Å². The van der Waals surface area contributed by atoms with Crippen molar-refractivity contribution in [2.75, 3.05) is 25.9 Å². The zero-order valence-electron chi connectivity index (χ0n) is 11.7. The van der Waals surface area contributed by atoms with Crippen LogP contribution in [-0.2, 0) is 10.0 Å². The Morgan fingerprint density at radius 1 is 1.35 bits per heavy atom. The first-order chi connectivity index (χ1) is 9.36. The molecule has 0 aliphatic rings. The van der Waals surface area contributed by atoms with Gasteiger partial charge in [-0.3, -0.25) is 4.79 Å². The van der Waals surface area contributed by atoms with Crippen molar-refractivity contribution >= 4 is 15.9 Å². The maximum absolute atomic E-state index is 11.8. The highest BCUT2D eigenvalue weighted by Crippen LogP contribution is 2.14. The number of phenolic OH excluding ortho intramolecular Hbond substituents is 1. The van der Waals surface area contributed by atoms with Gasteiger partial charge in [0.25, 0.3) is 5.91 Å². The van der Waals surface area contributed by atoms with E-state index >= 15 is 0 Å². The third-order valence-electron chi connectivity index (χ3n) is 2.84. The fraction of sp³-hybridized carbons (Fsp3) is 0.462. The molecule has 0 unspecified atom stereocenters. The van der Waals surface area contributed by atoms with Gasteiger partial charge >= 0.3 is 0 Å². The Bertz CT molecular complexity index is 557. The molecule has 1 rings (SSSR count). The second-order valence-electron chi connectivity index (χ2n) is 4.38. The van der Waals surface area contributed by atoms with Gasteiger partial charge in [0.2, 0.25) is 10.0 Å². The first-order valence-electron chi connectivity index (χ1n) is 6.37. The Labute approximate surface area is 119 Å². The number of hydrogen-bond donors (Lipinski definition) is 2. The molecule has 112 valence electrons. The minimum atomic E-state index is -3.19. The van der Waals surface area contributed by atoms with Crippen molar-refractivity contribution in [3.05, 3.63) is 29.8 Å². The lowest BCUT2D eigenvalue weighted by atomic mass is 10.2. The second kappa shape index (κ2) is 7.25. The van der Waals surface area contributed by atoms with Gasteiger partial charge in [0, 0.05) is 19.6 Å². The van der Waals surface area contributed by atoms with E-state index in [1.165, 1.54) is 16.4 Å². The molecule has 6 nitrogen and oxygen atoms in total. The van der Waals surface area contributed by atoms with Crippen molar-refractivity contribution in [3.8, 4) is 5.75 Å². The number of sulfonamides is 1. The van der Waals surface area contributed by atoms with Crippen LogP contribution in [0.2, 0.25) is 0 Å². The molecule has 0 heterocycles. The van der Waals surface area contributed by atoms with E-state index in [0.717, 1.165) is 6.26 Å². The molecule has 7 heteroatoms. The number of phenols is 1. The van der Waals surface area contributed by atoms with Gasteiger partial charge in [-0.05, 0) is 18.6 Å². The van der Waals surface area contributed by atoms with Crippen LogP contribution in [0, 0.1) is 0 Å². The molecule has 0 atom stereocenters. The predicted molar refractivity (Wildman–Crippen MR) is 77.1 cm³/mol. The van der Waals surface area contributed by atoms with Crippen LogP contribution in [0.15, 0.2) is 24.3 Å². The summed E-state index contributed by atoms with van der Waals surface area (Å²) in [6.45, 7) is 2.88. The highest BCUT2D eigenvalue weighted by Gasteiger charge is 2.14. The largest absolute Gasteiger partial charge is 0.507 e. The number of carbonyl (C=O) groups excluding carboxylic acids is 1.